The Hall–Kier alpha value is -2.10. The topological polar surface area (TPSA) is 66.0 Å². The number of aromatic nitrogens is 2. The summed E-state index contributed by atoms with van der Waals surface area (Å²) in [6.07, 6.45) is 1.67. The Balaban J connectivity index is 2.48. The van der Waals surface area contributed by atoms with Gasteiger partial charge in [-0.3, -0.25) is 5.10 Å². The summed E-state index contributed by atoms with van der Waals surface area (Å²) in [7, 11) is 0. The SMILES string of the molecule is Cc1cc(C(=O)O)ccc1-c1ccn[nH]1. The van der Waals surface area contributed by atoms with E-state index < -0.39 is 5.97 Å². The van der Waals surface area contributed by atoms with Crippen molar-refractivity contribution < 1.29 is 9.90 Å². The Morgan fingerprint density at radius 1 is 1.40 bits per heavy atom. The molecule has 0 aliphatic carbocycles. The minimum absolute atomic E-state index is 0.302. The monoisotopic (exact) mass is 202 g/mol. The summed E-state index contributed by atoms with van der Waals surface area (Å²) in [6, 6.07) is 6.87. The average Bonchev–Trinajstić information content (AvgIpc) is 2.70. The minimum atomic E-state index is -0.908. The lowest BCUT2D eigenvalue weighted by Crippen LogP contribution is -1.97. The normalized spacial score (nSPS) is 10.2. The second-order valence-corrected chi connectivity index (χ2v) is 3.31. The van der Waals surface area contributed by atoms with Gasteiger partial charge in [0.1, 0.15) is 0 Å². The van der Waals surface area contributed by atoms with Crippen LogP contribution >= 0.6 is 0 Å². The van der Waals surface area contributed by atoms with Crippen LogP contribution in [0.25, 0.3) is 11.3 Å². The smallest absolute Gasteiger partial charge is 0.335 e. The number of rotatable bonds is 2. The molecule has 2 N–H and O–H groups in total. The highest BCUT2D eigenvalue weighted by molar-refractivity contribution is 5.88. The van der Waals surface area contributed by atoms with Gasteiger partial charge >= 0.3 is 5.97 Å². The largest absolute Gasteiger partial charge is 0.478 e. The molecule has 1 aromatic heterocycles. The summed E-state index contributed by atoms with van der Waals surface area (Å²) in [5.74, 6) is -0.908. The van der Waals surface area contributed by atoms with Crippen LogP contribution in [-0.2, 0) is 0 Å². The number of benzene rings is 1. The predicted molar refractivity (Wildman–Crippen MR) is 55.7 cm³/mol. The molecule has 0 bridgehead atoms. The van der Waals surface area contributed by atoms with Gasteiger partial charge in [0.05, 0.1) is 11.3 Å². The number of hydrogen-bond donors (Lipinski definition) is 2. The Morgan fingerprint density at radius 3 is 2.73 bits per heavy atom. The highest BCUT2D eigenvalue weighted by Crippen LogP contribution is 2.21. The van der Waals surface area contributed by atoms with E-state index in [-0.39, 0.29) is 0 Å². The molecule has 0 saturated carbocycles. The molecule has 4 nitrogen and oxygen atoms in total. The molecule has 0 aliphatic rings. The minimum Gasteiger partial charge on any atom is -0.478 e. The highest BCUT2D eigenvalue weighted by atomic mass is 16.4. The second kappa shape index (κ2) is 3.57. The fourth-order valence-electron chi connectivity index (χ4n) is 1.50. The van der Waals surface area contributed by atoms with Crippen LogP contribution < -0.4 is 0 Å². The second-order valence-electron chi connectivity index (χ2n) is 3.31. The molecular formula is C11H10N2O2. The van der Waals surface area contributed by atoms with E-state index in [1.165, 1.54) is 0 Å². The van der Waals surface area contributed by atoms with Crippen LogP contribution in [0, 0.1) is 6.92 Å². The number of aromatic amines is 1. The van der Waals surface area contributed by atoms with Crippen LogP contribution in [0.2, 0.25) is 0 Å². The van der Waals surface area contributed by atoms with Crippen molar-refractivity contribution in [1.29, 1.82) is 0 Å². The van der Waals surface area contributed by atoms with Gasteiger partial charge in [-0.05, 0) is 30.7 Å². The van der Waals surface area contributed by atoms with Crippen molar-refractivity contribution in [3.8, 4) is 11.3 Å². The Morgan fingerprint density at radius 2 is 2.20 bits per heavy atom. The van der Waals surface area contributed by atoms with E-state index in [9.17, 15) is 4.79 Å². The van der Waals surface area contributed by atoms with Crippen molar-refractivity contribution in [3.05, 3.63) is 41.6 Å². The summed E-state index contributed by atoms with van der Waals surface area (Å²) in [4.78, 5) is 10.7. The third kappa shape index (κ3) is 1.74. The van der Waals surface area contributed by atoms with Crippen molar-refractivity contribution in [2.24, 2.45) is 0 Å². The lowest BCUT2D eigenvalue weighted by atomic mass is 10.0. The molecule has 0 fully saturated rings. The fourth-order valence-corrected chi connectivity index (χ4v) is 1.50. The summed E-state index contributed by atoms with van der Waals surface area (Å²) in [6.45, 7) is 1.88. The van der Waals surface area contributed by atoms with Crippen molar-refractivity contribution in [3.63, 3.8) is 0 Å². The summed E-state index contributed by atoms with van der Waals surface area (Å²) >= 11 is 0. The molecule has 1 aromatic carbocycles. The molecule has 0 spiro atoms. The van der Waals surface area contributed by atoms with Crippen LogP contribution in [0.15, 0.2) is 30.5 Å². The molecule has 0 atom stereocenters. The van der Waals surface area contributed by atoms with Crippen LogP contribution in [0.3, 0.4) is 0 Å². The Kier molecular flexibility index (Phi) is 2.25. The number of carboxylic acid groups (broad SMARTS) is 1. The summed E-state index contributed by atoms with van der Waals surface area (Å²) < 4.78 is 0. The number of aromatic carboxylic acids is 1. The van der Waals surface area contributed by atoms with Gasteiger partial charge in [-0.2, -0.15) is 5.10 Å². The first kappa shape index (κ1) is 9.45. The van der Waals surface area contributed by atoms with Gasteiger partial charge in [0.2, 0.25) is 0 Å². The van der Waals surface area contributed by atoms with Gasteiger partial charge in [0.15, 0.2) is 0 Å². The number of aryl methyl sites for hydroxylation is 1. The molecule has 76 valence electrons. The van der Waals surface area contributed by atoms with Crippen LogP contribution in [-0.4, -0.2) is 21.3 Å². The van der Waals surface area contributed by atoms with Gasteiger partial charge in [-0.25, -0.2) is 4.79 Å². The van der Waals surface area contributed by atoms with Crippen LogP contribution in [0.1, 0.15) is 15.9 Å². The zero-order valence-electron chi connectivity index (χ0n) is 8.19. The number of hydrogen-bond acceptors (Lipinski definition) is 2. The quantitative estimate of drug-likeness (QED) is 0.783. The molecule has 0 aliphatic heterocycles. The maximum Gasteiger partial charge on any atom is 0.335 e. The summed E-state index contributed by atoms with van der Waals surface area (Å²) in [5.41, 5.74) is 3.08. The third-order valence-corrected chi connectivity index (χ3v) is 2.26. The van der Waals surface area contributed by atoms with E-state index >= 15 is 0 Å². The molecule has 2 rings (SSSR count). The van der Waals surface area contributed by atoms with E-state index in [0.717, 1.165) is 16.8 Å². The number of nitrogens with zero attached hydrogens (tertiary/aromatic N) is 1. The molecule has 4 heteroatoms. The van der Waals surface area contributed by atoms with Gasteiger partial charge in [0, 0.05) is 11.8 Å². The Bertz CT molecular complexity index is 489. The van der Waals surface area contributed by atoms with Gasteiger partial charge in [-0.15, -0.1) is 0 Å². The zero-order valence-corrected chi connectivity index (χ0v) is 8.19. The molecular weight excluding hydrogens is 192 g/mol. The van der Waals surface area contributed by atoms with E-state index in [1.54, 1.807) is 24.4 Å². The van der Waals surface area contributed by atoms with Crippen LogP contribution in [0.4, 0.5) is 0 Å². The van der Waals surface area contributed by atoms with Gasteiger partial charge < -0.3 is 5.11 Å². The maximum absolute atomic E-state index is 10.7. The molecule has 0 amide bonds. The lowest BCUT2D eigenvalue weighted by Gasteiger charge is -2.04. The van der Waals surface area contributed by atoms with E-state index in [0.29, 0.717) is 5.56 Å². The summed E-state index contributed by atoms with van der Waals surface area (Å²) in [5, 5.41) is 15.5. The zero-order chi connectivity index (χ0) is 10.8. The molecule has 15 heavy (non-hydrogen) atoms. The fraction of sp³-hybridized carbons (Fsp3) is 0.0909. The number of H-pyrrole nitrogens is 1. The standard InChI is InChI=1S/C11H10N2O2/c1-7-6-8(11(14)15)2-3-9(7)10-4-5-12-13-10/h2-6H,1H3,(H,12,13)(H,14,15). The molecule has 0 unspecified atom stereocenters. The first-order chi connectivity index (χ1) is 7.18. The lowest BCUT2D eigenvalue weighted by molar-refractivity contribution is 0.0697. The van der Waals surface area contributed by atoms with Crippen molar-refractivity contribution >= 4 is 5.97 Å². The van der Waals surface area contributed by atoms with Gasteiger partial charge in [0.25, 0.3) is 0 Å². The highest BCUT2D eigenvalue weighted by Gasteiger charge is 2.07. The average molecular weight is 202 g/mol. The molecule has 1 heterocycles. The van der Waals surface area contributed by atoms with Crippen molar-refractivity contribution in [2.75, 3.05) is 0 Å². The predicted octanol–water partition coefficient (Wildman–Crippen LogP) is 2.08. The van der Waals surface area contributed by atoms with E-state index in [2.05, 4.69) is 10.2 Å². The van der Waals surface area contributed by atoms with E-state index in [4.69, 9.17) is 5.11 Å². The van der Waals surface area contributed by atoms with Crippen molar-refractivity contribution in [1.82, 2.24) is 10.2 Å². The third-order valence-electron chi connectivity index (χ3n) is 2.26. The maximum atomic E-state index is 10.7. The number of nitrogens with one attached hydrogen (secondary N) is 1. The molecule has 0 saturated heterocycles. The molecule has 2 aromatic rings. The first-order valence-corrected chi connectivity index (χ1v) is 4.52. The number of carbonyl (C=O) groups is 1. The molecule has 0 radical (unpaired) electrons. The first-order valence-electron chi connectivity index (χ1n) is 4.52. The van der Waals surface area contributed by atoms with Crippen LogP contribution in [0.5, 0.6) is 0 Å². The van der Waals surface area contributed by atoms with Crippen molar-refractivity contribution in [2.45, 2.75) is 6.92 Å². The Labute approximate surface area is 86.6 Å². The number of carboxylic acids is 1. The van der Waals surface area contributed by atoms with E-state index in [1.807, 2.05) is 13.0 Å². The van der Waals surface area contributed by atoms with Gasteiger partial charge in [-0.1, -0.05) is 6.07 Å².